The van der Waals surface area contributed by atoms with Crippen LogP contribution < -0.4 is 11.1 Å². The van der Waals surface area contributed by atoms with Gasteiger partial charge in [-0.3, -0.25) is 4.79 Å². The monoisotopic (exact) mass is 388 g/mol. The van der Waals surface area contributed by atoms with E-state index in [-0.39, 0.29) is 24.4 Å². The van der Waals surface area contributed by atoms with Crippen LogP contribution in [0, 0.1) is 2.88 Å². The first kappa shape index (κ1) is 17.2. The van der Waals surface area contributed by atoms with Crippen molar-refractivity contribution in [2.24, 2.45) is 5.73 Å². The quantitative estimate of drug-likeness (QED) is 0.736. The molecule has 0 bridgehead atoms. The molecule has 0 saturated carbocycles. The van der Waals surface area contributed by atoms with Gasteiger partial charge >= 0.3 is 0 Å². The lowest BCUT2D eigenvalue weighted by molar-refractivity contribution is 0.0936. The van der Waals surface area contributed by atoms with Gasteiger partial charge in [-0.15, -0.1) is 23.7 Å². The molecule has 0 aromatic carbocycles. The number of carbonyl (C=O) groups is 1. The zero-order valence-corrected chi connectivity index (χ0v) is 13.5. The van der Waals surface area contributed by atoms with Crippen molar-refractivity contribution in [3.63, 3.8) is 0 Å². The van der Waals surface area contributed by atoms with E-state index in [4.69, 9.17) is 5.73 Å². The number of amides is 1. The van der Waals surface area contributed by atoms with Crippen LogP contribution in [0.25, 0.3) is 0 Å². The zero-order chi connectivity index (χ0) is 12.0. The summed E-state index contributed by atoms with van der Waals surface area (Å²) in [6.45, 7) is 2.64. The van der Waals surface area contributed by atoms with Gasteiger partial charge in [-0.05, 0) is 35.1 Å². The number of carbonyl (C=O) groups excluding carboxylic acids is 1. The standard InChI is InChI=1S/C11H17IN2OS.ClH/c1-2-3-4-9(6-13)14-11(15)8-5-10(12)16-7-8;/h5,7,9H,2-4,6,13H2,1H3,(H,14,15);1H. The SMILES string of the molecule is CCCCC(CN)NC(=O)c1csc(I)c1.Cl. The molecule has 1 aromatic heterocycles. The molecule has 1 rings (SSSR count). The number of thiophene rings is 1. The molecule has 0 radical (unpaired) electrons. The van der Waals surface area contributed by atoms with Crippen LogP contribution in [0.4, 0.5) is 0 Å². The predicted octanol–water partition coefficient (Wildman–Crippen LogP) is 3.02. The highest BCUT2D eigenvalue weighted by atomic mass is 127. The molecule has 1 heterocycles. The summed E-state index contributed by atoms with van der Waals surface area (Å²) in [5.41, 5.74) is 6.37. The summed E-state index contributed by atoms with van der Waals surface area (Å²) in [7, 11) is 0. The molecule has 1 aromatic rings. The highest BCUT2D eigenvalue weighted by Gasteiger charge is 2.12. The summed E-state index contributed by atoms with van der Waals surface area (Å²) in [5.74, 6) is -0.00859. The number of nitrogens with one attached hydrogen (secondary N) is 1. The summed E-state index contributed by atoms with van der Waals surface area (Å²) in [6.07, 6.45) is 3.19. The van der Waals surface area contributed by atoms with E-state index < -0.39 is 0 Å². The fourth-order valence-corrected chi connectivity index (χ4v) is 2.72. The van der Waals surface area contributed by atoms with E-state index in [0.29, 0.717) is 6.54 Å². The van der Waals surface area contributed by atoms with Crippen molar-refractivity contribution in [1.82, 2.24) is 5.32 Å². The molecule has 0 aliphatic rings. The highest BCUT2D eigenvalue weighted by Crippen LogP contribution is 2.16. The van der Waals surface area contributed by atoms with Crippen molar-refractivity contribution in [2.75, 3.05) is 6.54 Å². The Morgan fingerprint density at radius 3 is 2.82 bits per heavy atom. The van der Waals surface area contributed by atoms with Gasteiger partial charge in [0.2, 0.25) is 0 Å². The van der Waals surface area contributed by atoms with Crippen molar-refractivity contribution in [2.45, 2.75) is 32.2 Å². The van der Waals surface area contributed by atoms with E-state index in [1.165, 1.54) is 0 Å². The van der Waals surface area contributed by atoms with E-state index in [9.17, 15) is 4.79 Å². The molecule has 0 aliphatic heterocycles. The van der Waals surface area contributed by atoms with Crippen LogP contribution in [0.3, 0.4) is 0 Å². The van der Waals surface area contributed by atoms with E-state index in [1.54, 1.807) is 11.3 Å². The van der Waals surface area contributed by atoms with Crippen molar-refractivity contribution < 1.29 is 4.79 Å². The Balaban J connectivity index is 0.00000256. The molecule has 0 saturated heterocycles. The first-order valence-electron chi connectivity index (χ1n) is 5.42. The Labute approximate surface area is 126 Å². The molecule has 98 valence electrons. The Bertz CT molecular complexity index is 346. The molecule has 1 atom stereocenters. The van der Waals surface area contributed by atoms with Gasteiger partial charge in [0.15, 0.2) is 0 Å². The molecule has 0 aliphatic carbocycles. The van der Waals surface area contributed by atoms with Crippen molar-refractivity contribution in [3.8, 4) is 0 Å². The molecular formula is C11H18ClIN2OS. The number of nitrogens with two attached hydrogens (primary N) is 1. The van der Waals surface area contributed by atoms with Gasteiger partial charge in [0, 0.05) is 18.0 Å². The number of hydrogen-bond donors (Lipinski definition) is 2. The minimum absolute atomic E-state index is 0. The van der Waals surface area contributed by atoms with Crippen LogP contribution in [0.15, 0.2) is 11.4 Å². The maximum Gasteiger partial charge on any atom is 0.252 e. The van der Waals surface area contributed by atoms with Gasteiger partial charge in [0.05, 0.1) is 8.45 Å². The molecule has 3 nitrogen and oxygen atoms in total. The summed E-state index contributed by atoms with van der Waals surface area (Å²) in [6, 6.07) is 2.00. The van der Waals surface area contributed by atoms with Gasteiger partial charge < -0.3 is 11.1 Å². The first-order valence-corrected chi connectivity index (χ1v) is 7.38. The summed E-state index contributed by atoms with van der Waals surface area (Å²) in [4.78, 5) is 11.8. The molecular weight excluding hydrogens is 371 g/mol. The largest absolute Gasteiger partial charge is 0.348 e. The van der Waals surface area contributed by atoms with Gasteiger partial charge in [-0.1, -0.05) is 19.8 Å². The van der Waals surface area contributed by atoms with Gasteiger partial charge in [-0.25, -0.2) is 0 Å². The van der Waals surface area contributed by atoms with E-state index in [2.05, 4.69) is 34.8 Å². The van der Waals surface area contributed by atoms with Crippen molar-refractivity contribution in [3.05, 3.63) is 19.9 Å². The third kappa shape index (κ3) is 6.03. The Morgan fingerprint density at radius 1 is 1.65 bits per heavy atom. The second-order valence-corrected chi connectivity index (χ2v) is 6.49. The molecule has 17 heavy (non-hydrogen) atoms. The van der Waals surface area contributed by atoms with Crippen LogP contribution in [0.5, 0.6) is 0 Å². The lowest BCUT2D eigenvalue weighted by atomic mass is 10.1. The lowest BCUT2D eigenvalue weighted by Crippen LogP contribution is -2.40. The summed E-state index contributed by atoms with van der Waals surface area (Å²) < 4.78 is 1.13. The van der Waals surface area contributed by atoms with Gasteiger partial charge in [-0.2, -0.15) is 0 Å². The van der Waals surface area contributed by atoms with E-state index >= 15 is 0 Å². The molecule has 1 amide bonds. The van der Waals surface area contributed by atoms with Gasteiger partial charge in [0.1, 0.15) is 0 Å². The predicted molar refractivity (Wildman–Crippen MR) is 84.1 cm³/mol. The van der Waals surface area contributed by atoms with Crippen LogP contribution >= 0.6 is 46.3 Å². The van der Waals surface area contributed by atoms with Crippen molar-refractivity contribution in [1.29, 1.82) is 0 Å². The third-order valence-electron chi connectivity index (χ3n) is 2.36. The normalized spacial score (nSPS) is 11.7. The number of hydrogen-bond acceptors (Lipinski definition) is 3. The molecule has 1 unspecified atom stereocenters. The number of halogens is 2. The van der Waals surface area contributed by atoms with Crippen molar-refractivity contribution >= 4 is 52.2 Å². The second-order valence-electron chi connectivity index (χ2n) is 3.69. The molecule has 6 heteroatoms. The Kier molecular flexibility index (Phi) is 9.21. The lowest BCUT2D eigenvalue weighted by Gasteiger charge is -2.15. The topological polar surface area (TPSA) is 55.1 Å². The average molecular weight is 389 g/mol. The fourth-order valence-electron chi connectivity index (χ4n) is 1.40. The summed E-state index contributed by atoms with van der Waals surface area (Å²) >= 11 is 3.79. The maximum absolute atomic E-state index is 11.8. The van der Waals surface area contributed by atoms with E-state index in [1.807, 2.05) is 11.4 Å². The smallest absolute Gasteiger partial charge is 0.252 e. The number of rotatable bonds is 6. The molecule has 0 spiro atoms. The fraction of sp³-hybridized carbons (Fsp3) is 0.545. The highest BCUT2D eigenvalue weighted by molar-refractivity contribution is 14.1. The minimum atomic E-state index is -0.00859. The molecule has 3 N–H and O–H groups in total. The number of unbranched alkanes of at least 4 members (excludes halogenated alkanes) is 1. The Morgan fingerprint density at radius 2 is 2.35 bits per heavy atom. The van der Waals surface area contributed by atoms with Crippen LogP contribution in [-0.2, 0) is 0 Å². The zero-order valence-electron chi connectivity index (χ0n) is 9.74. The maximum atomic E-state index is 11.8. The van der Waals surface area contributed by atoms with Crippen LogP contribution in [0.2, 0.25) is 0 Å². The first-order chi connectivity index (χ1) is 7.67. The van der Waals surface area contributed by atoms with Crippen LogP contribution in [-0.4, -0.2) is 18.5 Å². The Hall–Kier alpha value is 0.150. The van der Waals surface area contributed by atoms with Gasteiger partial charge in [0.25, 0.3) is 5.91 Å². The summed E-state index contributed by atoms with van der Waals surface area (Å²) in [5, 5.41) is 4.85. The van der Waals surface area contributed by atoms with E-state index in [0.717, 1.165) is 27.7 Å². The molecule has 0 fully saturated rings. The van der Waals surface area contributed by atoms with Crippen LogP contribution in [0.1, 0.15) is 36.5 Å². The average Bonchev–Trinajstić information content (AvgIpc) is 2.70. The minimum Gasteiger partial charge on any atom is -0.348 e. The second kappa shape index (κ2) is 9.13. The third-order valence-corrected chi connectivity index (χ3v) is 4.14.